The molecule has 170 valence electrons. The molecule has 9 heteroatoms. The van der Waals surface area contributed by atoms with Crippen LogP contribution in [-0.4, -0.2) is 24.3 Å². The molecule has 0 unspecified atom stereocenters. The van der Waals surface area contributed by atoms with Gasteiger partial charge in [0.05, 0.1) is 18.2 Å². The van der Waals surface area contributed by atoms with Gasteiger partial charge in [0.1, 0.15) is 6.61 Å². The van der Waals surface area contributed by atoms with Crippen LogP contribution in [0, 0.1) is 24.0 Å². The minimum absolute atomic E-state index is 0.0235. The number of carbonyl (C=O) groups is 1. The molecule has 9 nitrogen and oxygen atoms in total. The van der Waals surface area contributed by atoms with E-state index in [-0.39, 0.29) is 23.8 Å². The number of urea groups is 1. The van der Waals surface area contributed by atoms with Gasteiger partial charge >= 0.3 is 11.7 Å². The van der Waals surface area contributed by atoms with Gasteiger partial charge in [-0.3, -0.25) is 10.1 Å². The van der Waals surface area contributed by atoms with Gasteiger partial charge in [-0.2, -0.15) is 5.10 Å². The minimum Gasteiger partial charge on any atom is -0.493 e. The molecule has 0 aliphatic rings. The number of nitrogens with zero attached hydrogens (tertiary/aromatic N) is 2. The summed E-state index contributed by atoms with van der Waals surface area (Å²) in [5.74, 6) is 0.208. The Hall–Kier alpha value is -4.40. The molecule has 0 atom stereocenters. The zero-order valence-electron chi connectivity index (χ0n) is 18.5. The largest absolute Gasteiger partial charge is 0.493 e. The highest BCUT2D eigenvalue weighted by Gasteiger charge is 2.22. The summed E-state index contributed by atoms with van der Waals surface area (Å²) in [7, 11) is 1.40. The van der Waals surface area contributed by atoms with Gasteiger partial charge in [-0.05, 0) is 43.2 Å². The highest BCUT2D eigenvalue weighted by atomic mass is 16.6. The maximum atomic E-state index is 11.9. The summed E-state index contributed by atoms with van der Waals surface area (Å²) < 4.78 is 11.2. The van der Waals surface area contributed by atoms with Gasteiger partial charge in [0.25, 0.3) is 0 Å². The molecule has 0 saturated heterocycles. The molecule has 0 bridgehead atoms. The molecule has 2 N–H and O–H groups in total. The van der Waals surface area contributed by atoms with Crippen molar-refractivity contribution in [1.29, 1.82) is 0 Å². The molecule has 0 aromatic heterocycles. The predicted octanol–water partition coefficient (Wildman–Crippen LogP) is 4.95. The Morgan fingerprint density at radius 1 is 1.12 bits per heavy atom. The first-order chi connectivity index (χ1) is 15.9. The second-order valence-electron chi connectivity index (χ2n) is 7.24. The fourth-order valence-electron chi connectivity index (χ4n) is 3.07. The molecule has 0 saturated carbocycles. The number of nitro groups is 1. The molecular formula is C24H24N4O5. The average molecular weight is 448 g/mol. The van der Waals surface area contributed by atoms with E-state index in [1.807, 2.05) is 38.1 Å². The summed E-state index contributed by atoms with van der Waals surface area (Å²) in [6, 6.07) is 17.1. The fraction of sp³-hybridized carbons (Fsp3) is 0.167. The van der Waals surface area contributed by atoms with E-state index >= 15 is 0 Å². The standard InChI is InChI=1S/C24H24N4O5/c1-16-9-10-17(2)19(11-16)15-33-23-21(28(30)31)12-18(13-22(23)32-3)14-25-27-24(29)26-20-7-5-4-6-8-20/h4-14H,15H2,1-3H3,(H2,26,27,29)/b25-14+. The van der Waals surface area contributed by atoms with Gasteiger partial charge in [-0.1, -0.05) is 42.0 Å². The van der Waals surface area contributed by atoms with Crippen LogP contribution in [0.15, 0.2) is 65.8 Å². The lowest BCUT2D eigenvalue weighted by atomic mass is 10.1. The van der Waals surface area contributed by atoms with Crippen molar-refractivity contribution in [2.24, 2.45) is 5.10 Å². The lowest BCUT2D eigenvalue weighted by Crippen LogP contribution is -2.24. The van der Waals surface area contributed by atoms with Crippen molar-refractivity contribution < 1.29 is 19.2 Å². The second-order valence-corrected chi connectivity index (χ2v) is 7.24. The molecule has 3 aromatic carbocycles. The van der Waals surface area contributed by atoms with Crippen LogP contribution < -0.4 is 20.2 Å². The van der Waals surface area contributed by atoms with E-state index in [1.54, 1.807) is 30.3 Å². The smallest absolute Gasteiger partial charge is 0.339 e. The van der Waals surface area contributed by atoms with E-state index in [9.17, 15) is 14.9 Å². The lowest BCUT2D eigenvalue weighted by molar-refractivity contribution is -0.386. The number of nitrogens with one attached hydrogen (secondary N) is 2. The number of nitro benzene ring substituents is 1. The van der Waals surface area contributed by atoms with Crippen molar-refractivity contribution in [1.82, 2.24) is 5.43 Å². The second kappa shape index (κ2) is 10.8. The number of hydrogen-bond donors (Lipinski definition) is 2. The Morgan fingerprint density at radius 2 is 1.88 bits per heavy atom. The molecule has 0 radical (unpaired) electrons. The average Bonchev–Trinajstić information content (AvgIpc) is 2.80. The van der Waals surface area contributed by atoms with Crippen LogP contribution in [0.5, 0.6) is 11.5 Å². The molecule has 3 aromatic rings. The first-order valence-electron chi connectivity index (χ1n) is 10.1. The quantitative estimate of drug-likeness (QED) is 0.287. The van der Waals surface area contributed by atoms with Crippen LogP contribution in [0.3, 0.4) is 0 Å². The van der Waals surface area contributed by atoms with E-state index in [4.69, 9.17) is 9.47 Å². The molecule has 0 aliphatic heterocycles. The zero-order chi connectivity index (χ0) is 23.8. The van der Waals surface area contributed by atoms with Crippen LogP contribution in [0.2, 0.25) is 0 Å². The number of methoxy groups -OCH3 is 1. The molecule has 3 rings (SSSR count). The molecule has 2 amide bonds. The van der Waals surface area contributed by atoms with E-state index < -0.39 is 11.0 Å². The Balaban J connectivity index is 1.76. The highest BCUT2D eigenvalue weighted by Crippen LogP contribution is 2.38. The third kappa shape index (κ3) is 6.30. The van der Waals surface area contributed by atoms with Gasteiger partial charge in [0.15, 0.2) is 5.75 Å². The summed E-state index contributed by atoms with van der Waals surface area (Å²) in [6.45, 7) is 4.07. The predicted molar refractivity (Wildman–Crippen MR) is 126 cm³/mol. The van der Waals surface area contributed by atoms with E-state index in [2.05, 4.69) is 15.8 Å². The van der Waals surface area contributed by atoms with Gasteiger partial charge in [0, 0.05) is 17.3 Å². The van der Waals surface area contributed by atoms with Crippen molar-refractivity contribution >= 4 is 23.6 Å². The molecular weight excluding hydrogens is 424 g/mol. The molecule has 0 heterocycles. The SMILES string of the molecule is COc1cc(/C=N/NC(=O)Nc2ccccc2)cc([N+](=O)[O-])c1OCc1cc(C)ccc1C. The van der Waals surface area contributed by atoms with Crippen LogP contribution >= 0.6 is 0 Å². The summed E-state index contributed by atoms with van der Waals surface area (Å²) in [5.41, 5.74) is 6.02. The van der Waals surface area contributed by atoms with Gasteiger partial charge in [0.2, 0.25) is 5.75 Å². The highest BCUT2D eigenvalue weighted by molar-refractivity contribution is 5.90. The molecule has 0 aliphatic carbocycles. The number of rotatable bonds is 8. The van der Waals surface area contributed by atoms with E-state index in [0.717, 1.165) is 16.7 Å². The maximum Gasteiger partial charge on any atom is 0.339 e. The van der Waals surface area contributed by atoms with Crippen LogP contribution in [0.1, 0.15) is 22.3 Å². The number of benzene rings is 3. The number of hydrazone groups is 1. The first-order valence-corrected chi connectivity index (χ1v) is 10.1. The van der Waals surface area contributed by atoms with Crippen molar-refractivity contribution in [3.63, 3.8) is 0 Å². The zero-order valence-corrected chi connectivity index (χ0v) is 18.5. The van der Waals surface area contributed by atoms with Crippen molar-refractivity contribution in [2.75, 3.05) is 12.4 Å². The Kier molecular flexibility index (Phi) is 7.59. The minimum atomic E-state index is -0.549. The Morgan fingerprint density at radius 3 is 2.58 bits per heavy atom. The summed E-state index contributed by atoms with van der Waals surface area (Å²) in [5, 5.41) is 18.2. The first kappa shape index (κ1) is 23.3. The summed E-state index contributed by atoms with van der Waals surface area (Å²) in [6.07, 6.45) is 1.29. The lowest BCUT2D eigenvalue weighted by Gasteiger charge is -2.13. The number of amides is 2. The number of hydrogen-bond acceptors (Lipinski definition) is 6. The monoisotopic (exact) mass is 448 g/mol. The van der Waals surface area contributed by atoms with Crippen molar-refractivity contribution in [3.8, 4) is 11.5 Å². The molecule has 33 heavy (non-hydrogen) atoms. The molecule has 0 spiro atoms. The van der Waals surface area contributed by atoms with Crippen molar-refractivity contribution in [2.45, 2.75) is 20.5 Å². The molecule has 0 fully saturated rings. The third-order valence-corrected chi connectivity index (χ3v) is 4.76. The maximum absolute atomic E-state index is 11.9. The Labute approximate surface area is 191 Å². The van der Waals surface area contributed by atoms with Crippen LogP contribution in [0.25, 0.3) is 0 Å². The number of para-hydroxylation sites is 1. The normalized spacial score (nSPS) is 10.6. The number of ether oxygens (including phenoxy) is 2. The van der Waals surface area contributed by atoms with E-state index in [0.29, 0.717) is 11.3 Å². The van der Waals surface area contributed by atoms with Gasteiger partial charge in [-0.15, -0.1) is 0 Å². The van der Waals surface area contributed by atoms with Gasteiger partial charge in [-0.25, -0.2) is 10.2 Å². The van der Waals surface area contributed by atoms with E-state index in [1.165, 1.54) is 19.4 Å². The van der Waals surface area contributed by atoms with Crippen molar-refractivity contribution in [3.05, 3.63) is 93.0 Å². The topological polar surface area (TPSA) is 115 Å². The number of aryl methyl sites for hydroxylation is 2. The van der Waals surface area contributed by atoms with Crippen LogP contribution in [-0.2, 0) is 6.61 Å². The Bertz CT molecular complexity index is 1180. The summed E-state index contributed by atoms with van der Waals surface area (Å²) >= 11 is 0. The third-order valence-electron chi connectivity index (χ3n) is 4.76. The number of anilines is 1. The fourth-order valence-corrected chi connectivity index (χ4v) is 3.07. The summed E-state index contributed by atoms with van der Waals surface area (Å²) in [4.78, 5) is 23.1. The van der Waals surface area contributed by atoms with Gasteiger partial charge < -0.3 is 14.8 Å². The number of carbonyl (C=O) groups excluding carboxylic acids is 1. The van der Waals surface area contributed by atoms with Crippen LogP contribution in [0.4, 0.5) is 16.2 Å².